The van der Waals surface area contributed by atoms with Crippen LogP contribution in [0.4, 0.5) is 0 Å². The van der Waals surface area contributed by atoms with Gasteiger partial charge in [-0.25, -0.2) is 0 Å². The topological polar surface area (TPSA) is 58.6 Å². The monoisotopic (exact) mass is 185 g/mol. The molecule has 0 aliphatic carbocycles. The summed E-state index contributed by atoms with van der Waals surface area (Å²) < 4.78 is 5.03. The predicted molar refractivity (Wildman–Crippen MR) is 48.2 cm³/mol. The molecule has 0 aromatic heterocycles. The molecule has 1 heterocycles. The van der Waals surface area contributed by atoms with Crippen LogP contribution in [0.15, 0.2) is 12.7 Å². The number of aliphatic hydroxyl groups is 1. The summed E-state index contributed by atoms with van der Waals surface area (Å²) >= 11 is 0. The van der Waals surface area contributed by atoms with E-state index in [0.29, 0.717) is 19.6 Å². The van der Waals surface area contributed by atoms with Crippen LogP contribution in [0.3, 0.4) is 0 Å². The van der Waals surface area contributed by atoms with Gasteiger partial charge in [0.2, 0.25) is 5.91 Å². The molecule has 1 fully saturated rings. The van der Waals surface area contributed by atoms with Gasteiger partial charge in [0, 0.05) is 26.0 Å². The molecule has 4 nitrogen and oxygen atoms in total. The van der Waals surface area contributed by atoms with Gasteiger partial charge >= 0.3 is 0 Å². The first kappa shape index (κ1) is 10.2. The molecule has 0 aromatic rings. The highest BCUT2D eigenvalue weighted by Crippen LogP contribution is 2.16. The van der Waals surface area contributed by atoms with Gasteiger partial charge in [0.15, 0.2) is 0 Å². The summed E-state index contributed by atoms with van der Waals surface area (Å²) in [6.45, 7) is 4.58. The molecule has 74 valence electrons. The average Bonchev–Trinajstić information content (AvgIpc) is 2.51. The number of nitrogens with one attached hydrogen (secondary N) is 1. The molecule has 2 N–H and O–H groups in total. The quantitative estimate of drug-likeness (QED) is 0.598. The molecule has 0 aromatic carbocycles. The maximum atomic E-state index is 11.0. The number of hydrogen-bond donors (Lipinski definition) is 2. The molecule has 1 aliphatic rings. The van der Waals surface area contributed by atoms with Crippen LogP contribution in [0, 0.1) is 0 Å². The predicted octanol–water partition coefficient (Wildman–Crippen LogP) is -0.170. The van der Waals surface area contributed by atoms with E-state index in [-0.39, 0.29) is 18.9 Å². The molecule has 1 unspecified atom stereocenters. The lowest BCUT2D eigenvalue weighted by molar-refractivity contribution is -0.121. The van der Waals surface area contributed by atoms with Crippen molar-refractivity contribution < 1.29 is 14.6 Å². The molecule has 1 atom stereocenters. The molecule has 0 radical (unpaired) electrons. The number of ether oxygens (including phenoxy) is 1. The fourth-order valence-corrected chi connectivity index (χ4v) is 1.20. The third kappa shape index (κ3) is 3.16. The molecule has 4 heteroatoms. The Hall–Kier alpha value is -0.870. The van der Waals surface area contributed by atoms with Gasteiger partial charge in [-0.15, -0.1) is 6.58 Å². The lowest BCUT2D eigenvalue weighted by Gasteiger charge is -2.20. The van der Waals surface area contributed by atoms with E-state index in [1.165, 1.54) is 6.08 Å². The highest BCUT2D eigenvalue weighted by molar-refractivity contribution is 5.77. The number of rotatable bonds is 4. The summed E-state index contributed by atoms with van der Waals surface area (Å²) in [6, 6.07) is 0. The lowest BCUT2D eigenvalue weighted by atomic mass is 10.0. The highest BCUT2D eigenvalue weighted by atomic mass is 16.5. The first-order valence-electron chi connectivity index (χ1n) is 4.34. The van der Waals surface area contributed by atoms with Crippen molar-refractivity contribution >= 4 is 5.91 Å². The van der Waals surface area contributed by atoms with Gasteiger partial charge in [-0.3, -0.25) is 4.79 Å². The summed E-state index contributed by atoms with van der Waals surface area (Å²) in [5, 5.41) is 12.4. The van der Waals surface area contributed by atoms with Crippen LogP contribution >= 0.6 is 0 Å². The van der Waals surface area contributed by atoms with E-state index in [0.717, 1.165) is 0 Å². The Morgan fingerprint density at radius 2 is 2.54 bits per heavy atom. The molecule has 1 aliphatic heterocycles. The lowest BCUT2D eigenvalue weighted by Crippen LogP contribution is -2.43. The first-order valence-corrected chi connectivity index (χ1v) is 4.34. The van der Waals surface area contributed by atoms with E-state index in [4.69, 9.17) is 4.74 Å². The van der Waals surface area contributed by atoms with E-state index < -0.39 is 5.60 Å². The van der Waals surface area contributed by atoms with Gasteiger partial charge in [0.05, 0.1) is 6.61 Å². The fraction of sp³-hybridized carbons (Fsp3) is 0.667. The molecule has 1 amide bonds. The zero-order valence-electron chi connectivity index (χ0n) is 7.58. The van der Waals surface area contributed by atoms with E-state index in [1.54, 1.807) is 0 Å². The summed E-state index contributed by atoms with van der Waals surface area (Å²) in [5.74, 6) is -0.115. The van der Waals surface area contributed by atoms with Crippen LogP contribution in [-0.4, -0.2) is 36.4 Å². The average molecular weight is 185 g/mol. The summed E-state index contributed by atoms with van der Waals surface area (Å²) in [5.41, 5.74) is -0.864. The minimum Gasteiger partial charge on any atom is -0.386 e. The van der Waals surface area contributed by atoms with E-state index >= 15 is 0 Å². The highest BCUT2D eigenvalue weighted by Gasteiger charge is 2.32. The van der Waals surface area contributed by atoms with Gasteiger partial charge < -0.3 is 15.2 Å². The summed E-state index contributed by atoms with van der Waals surface area (Å²) in [6.07, 6.45) is 2.41. The molecule has 1 saturated heterocycles. The molecule has 13 heavy (non-hydrogen) atoms. The van der Waals surface area contributed by atoms with Gasteiger partial charge in [-0.2, -0.15) is 0 Å². The standard InChI is InChI=1S/C9H15NO3/c1-2-3-8(11)10-6-9(12)4-5-13-7-9/h2,12H,1,3-7H2,(H,10,11). The number of carbonyl (C=O) groups is 1. The largest absolute Gasteiger partial charge is 0.386 e. The molecule has 1 rings (SSSR count). The Kier molecular flexibility index (Phi) is 3.45. The number of hydrogen-bond acceptors (Lipinski definition) is 3. The van der Waals surface area contributed by atoms with Crippen molar-refractivity contribution in [1.82, 2.24) is 5.32 Å². The van der Waals surface area contributed by atoms with E-state index in [9.17, 15) is 9.90 Å². The van der Waals surface area contributed by atoms with Crippen LogP contribution in [-0.2, 0) is 9.53 Å². The Labute approximate surface area is 77.6 Å². The molecule has 0 bridgehead atoms. The van der Waals surface area contributed by atoms with Crippen LogP contribution < -0.4 is 5.32 Å². The number of amides is 1. The maximum absolute atomic E-state index is 11.0. The minimum atomic E-state index is -0.864. The Morgan fingerprint density at radius 1 is 1.77 bits per heavy atom. The molecule has 0 saturated carbocycles. The van der Waals surface area contributed by atoms with Crippen molar-refractivity contribution in [3.8, 4) is 0 Å². The smallest absolute Gasteiger partial charge is 0.223 e. The van der Waals surface area contributed by atoms with Crippen molar-refractivity contribution in [2.24, 2.45) is 0 Å². The zero-order chi connectivity index (χ0) is 9.73. The van der Waals surface area contributed by atoms with Crippen molar-refractivity contribution in [1.29, 1.82) is 0 Å². The van der Waals surface area contributed by atoms with Gasteiger partial charge in [0.25, 0.3) is 0 Å². The van der Waals surface area contributed by atoms with Crippen molar-refractivity contribution in [2.75, 3.05) is 19.8 Å². The van der Waals surface area contributed by atoms with Gasteiger partial charge in [-0.05, 0) is 0 Å². The Morgan fingerprint density at radius 3 is 3.08 bits per heavy atom. The number of carbonyl (C=O) groups excluding carboxylic acids is 1. The normalized spacial score (nSPS) is 27.2. The van der Waals surface area contributed by atoms with Crippen LogP contribution in [0.2, 0.25) is 0 Å². The second-order valence-electron chi connectivity index (χ2n) is 3.30. The third-order valence-electron chi connectivity index (χ3n) is 2.03. The minimum absolute atomic E-state index is 0.115. The molecular formula is C9H15NO3. The van der Waals surface area contributed by atoms with Crippen LogP contribution in [0.1, 0.15) is 12.8 Å². The van der Waals surface area contributed by atoms with E-state index in [1.807, 2.05) is 0 Å². The van der Waals surface area contributed by atoms with Gasteiger partial charge in [-0.1, -0.05) is 6.08 Å². The fourth-order valence-electron chi connectivity index (χ4n) is 1.20. The second kappa shape index (κ2) is 4.39. The van der Waals surface area contributed by atoms with Gasteiger partial charge in [0.1, 0.15) is 5.60 Å². The van der Waals surface area contributed by atoms with Crippen LogP contribution in [0.5, 0.6) is 0 Å². The van der Waals surface area contributed by atoms with Crippen molar-refractivity contribution in [3.05, 3.63) is 12.7 Å². The zero-order valence-corrected chi connectivity index (χ0v) is 7.58. The summed E-state index contributed by atoms with van der Waals surface area (Å²) in [4.78, 5) is 11.0. The molecule has 0 spiro atoms. The maximum Gasteiger partial charge on any atom is 0.223 e. The Bertz CT molecular complexity index is 197. The van der Waals surface area contributed by atoms with E-state index in [2.05, 4.69) is 11.9 Å². The second-order valence-corrected chi connectivity index (χ2v) is 3.30. The van der Waals surface area contributed by atoms with Crippen LogP contribution in [0.25, 0.3) is 0 Å². The summed E-state index contributed by atoms with van der Waals surface area (Å²) in [7, 11) is 0. The first-order chi connectivity index (χ1) is 6.16. The van der Waals surface area contributed by atoms with Crippen molar-refractivity contribution in [3.63, 3.8) is 0 Å². The SMILES string of the molecule is C=CCC(=O)NCC1(O)CCOC1. The Balaban J connectivity index is 2.24. The molecular weight excluding hydrogens is 170 g/mol. The third-order valence-corrected chi connectivity index (χ3v) is 2.03. The van der Waals surface area contributed by atoms with Crippen molar-refractivity contribution in [2.45, 2.75) is 18.4 Å².